The van der Waals surface area contributed by atoms with Crippen molar-refractivity contribution in [1.29, 1.82) is 0 Å². The molecular formula is C17H15Cl2NO. The lowest BCUT2D eigenvalue weighted by molar-refractivity contribution is 0.0662. The average molecular weight is 320 g/mol. The van der Waals surface area contributed by atoms with Crippen molar-refractivity contribution >= 4 is 23.2 Å². The topological polar surface area (TPSA) is 33.1 Å². The first-order valence-electron chi connectivity index (χ1n) is 6.58. The summed E-state index contributed by atoms with van der Waals surface area (Å²) in [5, 5.41) is 12.1. The predicted octanol–water partition coefficient (Wildman–Crippen LogP) is 4.40. The standard InChI is InChI=1S/C17H15Cl2NO/c1-3-15(14-8-7-13(18)10-16(14)19)17(21,4-2)12-6-5-9-20-11-12/h2,5-11,15,21H,3H2,1H3. The molecule has 0 saturated heterocycles. The minimum absolute atomic E-state index is 0.350. The van der Waals surface area contributed by atoms with E-state index in [9.17, 15) is 5.11 Å². The lowest BCUT2D eigenvalue weighted by atomic mass is 9.77. The third-order valence-corrected chi connectivity index (χ3v) is 4.13. The van der Waals surface area contributed by atoms with E-state index in [-0.39, 0.29) is 5.92 Å². The number of terminal acetylenes is 1. The number of halogens is 2. The van der Waals surface area contributed by atoms with Crippen LogP contribution in [0.15, 0.2) is 42.7 Å². The van der Waals surface area contributed by atoms with Crippen LogP contribution >= 0.6 is 23.2 Å². The van der Waals surface area contributed by atoms with Gasteiger partial charge in [-0.25, -0.2) is 0 Å². The second-order valence-electron chi connectivity index (χ2n) is 4.78. The summed E-state index contributed by atoms with van der Waals surface area (Å²) in [4.78, 5) is 4.04. The van der Waals surface area contributed by atoms with Crippen LogP contribution in [0.2, 0.25) is 10.0 Å². The van der Waals surface area contributed by atoms with Crippen molar-refractivity contribution in [3.05, 3.63) is 63.9 Å². The van der Waals surface area contributed by atoms with Gasteiger partial charge in [0.05, 0.1) is 0 Å². The molecule has 4 heteroatoms. The maximum Gasteiger partial charge on any atom is 0.158 e. The highest BCUT2D eigenvalue weighted by Crippen LogP contribution is 2.41. The summed E-state index contributed by atoms with van der Waals surface area (Å²) in [5.41, 5.74) is -0.126. The third-order valence-electron chi connectivity index (χ3n) is 3.57. The van der Waals surface area contributed by atoms with Crippen LogP contribution in [0.1, 0.15) is 30.4 Å². The van der Waals surface area contributed by atoms with Gasteiger partial charge < -0.3 is 5.11 Å². The maximum atomic E-state index is 11.0. The molecule has 0 bridgehead atoms. The van der Waals surface area contributed by atoms with Crippen LogP contribution in [0.25, 0.3) is 0 Å². The number of hydrogen-bond acceptors (Lipinski definition) is 2. The van der Waals surface area contributed by atoms with Crippen LogP contribution in [0.5, 0.6) is 0 Å². The highest BCUT2D eigenvalue weighted by molar-refractivity contribution is 6.35. The van der Waals surface area contributed by atoms with Gasteiger partial charge in [-0.05, 0) is 30.2 Å². The first kappa shape index (κ1) is 15.9. The number of pyridine rings is 1. The van der Waals surface area contributed by atoms with Crippen LogP contribution in [0, 0.1) is 12.3 Å². The molecule has 2 nitrogen and oxygen atoms in total. The van der Waals surface area contributed by atoms with Crippen LogP contribution < -0.4 is 0 Å². The summed E-state index contributed by atoms with van der Waals surface area (Å²) in [5.74, 6) is 2.16. The fraction of sp³-hybridized carbons (Fsp3) is 0.235. The normalized spacial score (nSPS) is 15.0. The molecule has 0 fully saturated rings. The summed E-state index contributed by atoms with van der Waals surface area (Å²) in [6, 6.07) is 8.71. The minimum atomic E-state index is -1.47. The van der Waals surface area contributed by atoms with E-state index in [1.165, 1.54) is 0 Å². The van der Waals surface area contributed by atoms with Crippen molar-refractivity contribution in [1.82, 2.24) is 4.98 Å². The first-order valence-corrected chi connectivity index (χ1v) is 7.34. The monoisotopic (exact) mass is 319 g/mol. The van der Waals surface area contributed by atoms with Crippen LogP contribution in [-0.4, -0.2) is 10.1 Å². The predicted molar refractivity (Wildman–Crippen MR) is 86.5 cm³/mol. The van der Waals surface area contributed by atoms with E-state index in [0.717, 1.165) is 5.56 Å². The van der Waals surface area contributed by atoms with E-state index >= 15 is 0 Å². The van der Waals surface area contributed by atoms with E-state index in [1.54, 1.807) is 42.7 Å². The molecule has 0 aliphatic rings. The third kappa shape index (κ3) is 3.06. The molecule has 21 heavy (non-hydrogen) atoms. The fourth-order valence-electron chi connectivity index (χ4n) is 2.50. The number of benzene rings is 1. The molecule has 1 aromatic heterocycles. The van der Waals surface area contributed by atoms with Crippen molar-refractivity contribution in [2.45, 2.75) is 24.9 Å². The Morgan fingerprint density at radius 1 is 1.38 bits per heavy atom. The number of aromatic nitrogens is 1. The molecular weight excluding hydrogens is 305 g/mol. The Morgan fingerprint density at radius 2 is 2.14 bits per heavy atom. The summed E-state index contributed by atoms with van der Waals surface area (Å²) >= 11 is 12.2. The molecule has 1 heterocycles. The number of nitrogens with zero attached hydrogens (tertiary/aromatic N) is 1. The molecule has 0 spiro atoms. The highest BCUT2D eigenvalue weighted by Gasteiger charge is 2.38. The van der Waals surface area contributed by atoms with Crippen LogP contribution in [0.3, 0.4) is 0 Å². The van der Waals surface area contributed by atoms with E-state index in [1.807, 2.05) is 6.92 Å². The van der Waals surface area contributed by atoms with E-state index in [2.05, 4.69) is 10.9 Å². The fourth-order valence-corrected chi connectivity index (χ4v) is 3.04. The van der Waals surface area contributed by atoms with Crippen molar-refractivity contribution in [3.8, 4) is 12.3 Å². The van der Waals surface area contributed by atoms with E-state index in [4.69, 9.17) is 29.6 Å². The Morgan fingerprint density at radius 3 is 2.67 bits per heavy atom. The Bertz CT molecular complexity index is 666. The molecule has 0 radical (unpaired) electrons. The Labute approximate surface area is 134 Å². The second kappa shape index (κ2) is 6.49. The summed E-state index contributed by atoms with van der Waals surface area (Å²) in [6.07, 6.45) is 9.47. The molecule has 2 atom stereocenters. The van der Waals surface area contributed by atoms with Gasteiger partial charge in [0.25, 0.3) is 0 Å². The number of rotatable bonds is 4. The Balaban J connectivity index is 2.55. The highest BCUT2D eigenvalue weighted by atomic mass is 35.5. The summed E-state index contributed by atoms with van der Waals surface area (Å²) < 4.78 is 0. The molecule has 108 valence electrons. The first-order chi connectivity index (χ1) is 10.0. The van der Waals surface area contributed by atoms with Gasteiger partial charge in [-0.2, -0.15) is 0 Å². The molecule has 0 saturated carbocycles. The summed E-state index contributed by atoms with van der Waals surface area (Å²) in [7, 11) is 0. The Hall–Kier alpha value is -1.53. The maximum absolute atomic E-state index is 11.0. The zero-order valence-electron chi connectivity index (χ0n) is 11.6. The number of aliphatic hydroxyl groups is 1. The quantitative estimate of drug-likeness (QED) is 0.847. The molecule has 0 aliphatic heterocycles. The van der Waals surface area contributed by atoms with E-state index < -0.39 is 5.60 Å². The Kier molecular flexibility index (Phi) is 4.90. The van der Waals surface area contributed by atoms with Gasteiger partial charge in [-0.15, -0.1) is 6.42 Å². The molecule has 1 aromatic carbocycles. The molecule has 2 aromatic rings. The van der Waals surface area contributed by atoms with Crippen molar-refractivity contribution < 1.29 is 5.11 Å². The van der Waals surface area contributed by atoms with Crippen molar-refractivity contribution in [2.75, 3.05) is 0 Å². The van der Waals surface area contributed by atoms with Gasteiger partial charge >= 0.3 is 0 Å². The number of hydrogen-bond donors (Lipinski definition) is 1. The van der Waals surface area contributed by atoms with E-state index in [0.29, 0.717) is 22.0 Å². The average Bonchev–Trinajstić information content (AvgIpc) is 2.50. The SMILES string of the molecule is C#CC(O)(c1cccnc1)C(CC)c1ccc(Cl)cc1Cl. The van der Waals surface area contributed by atoms with Crippen molar-refractivity contribution in [2.24, 2.45) is 0 Å². The van der Waals surface area contributed by atoms with Gasteiger partial charge in [0.15, 0.2) is 5.60 Å². The smallest absolute Gasteiger partial charge is 0.158 e. The molecule has 0 amide bonds. The van der Waals surface area contributed by atoms with Gasteiger partial charge in [0.1, 0.15) is 0 Å². The van der Waals surface area contributed by atoms with Gasteiger partial charge in [0.2, 0.25) is 0 Å². The molecule has 2 unspecified atom stereocenters. The lowest BCUT2D eigenvalue weighted by Gasteiger charge is -2.32. The van der Waals surface area contributed by atoms with Gasteiger partial charge in [-0.1, -0.05) is 48.2 Å². The largest absolute Gasteiger partial charge is 0.373 e. The molecule has 0 aliphatic carbocycles. The van der Waals surface area contributed by atoms with Gasteiger partial charge in [-0.3, -0.25) is 4.98 Å². The lowest BCUT2D eigenvalue weighted by Crippen LogP contribution is -2.32. The second-order valence-corrected chi connectivity index (χ2v) is 5.62. The summed E-state index contributed by atoms with van der Waals surface area (Å²) in [6.45, 7) is 1.95. The van der Waals surface area contributed by atoms with Crippen molar-refractivity contribution in [3.63, 3.8) is 0 Å². The molecule has 2 rings (SSSR count). The van der Waals surface area contributed by atoms with Gasteiger partial charge in [0, 0.05) is 33.9 Å². The van der Waals surface area contributed by atoms with Crippen LogP contribution in [0.4, 0.5) is 0 Å². The molecule has 1 N–H and O–H groups in total. The van der Waals surface area contributed by atoms with Crippen LogP contribution in [-0.2, 0) is 5.60 Å². The zero-order valence-corrected chi connectivity index (χ0v) is 13.1. The minimum Gasteiger partial charge on any atom is -0.373 e. The zero-order chi connectivity index (χ0) is 15.5.